The minimum atomic E-state index is -1.11. The normalized spacial score (nSPS) is 19.4. The Hall–Kier alpha value is -1.30. The van der Waals surface area contributed by atoms with Crippen LogP contribution in [0.25, 0.3) is 0 Å². The summed E-state index contributed by atoms with van der Waals surface area (Å²) in [7, 11) is 0. The van der Waals surface area contributed by atoms with Gasteiger partial charge in [-0.3, -0.25) is 4.79 Å². The van der Waals surface area contributed by atoms with Gasteiger partial charge in [-0.15, -0.1) is 0 Å². The van der Waals surface area contributed by atoms with Gasteiger partial charge in [-0.1, -0.05) is 15.9 Å². The van der Waals surface area contributed by atoms with Crippen LogP contribution < -0.4 is 5.73 Å². The zero-order valence-electron chi connectivity index (χ0n) is 8.60. The van der Waals surface area contributed by atoms with Crippen molar-refractivity contribution in [2.75, 3.05) is 11.9 Å². The molecule has 1 amide bonds. The molecule has 1 unspecified atom stereocenters. The average molecular weight is 289 g/mol. The van der Waals surface area contributed by atoms with Gasteiger partial charge in [0.05, 0.1) is 5.57 Å². The van der Waals surface area contributed by atoms with Gasteiger partial charge in [0.15, 0.2) is 0 Å². The molecule has 0 spiro atoms. The molecule has 1 rings (SSSR count). The number of aliphatic carboxylic acids is 1. The third-order valence-electron chi connectivity index (χ3n) is 2.25. The first-order chi connectivity index (χ1) is 7.57. The third kappa shape index (κ3) is 2.85. The number of hydrogen-bond donors (Lipinski definition) is 2. The molecule has 3 N–H and O–H groups in total. The minimum absolute atomic E-state index is 0.0181. The van der Waals surface area contributed by atoms with Gasteiger partial charge >= 0.3 is 5.97 Å². The molecule has 0 aromatic carbocycles. The fourth-order valence-electron chi connectivity index (χ4n) is 1.56. The Labute approximate surface area is 102 Å². The number of carbonyl (C=O) groups excluding carboxylic acids is 1. The van der Waals surface area contributed by atoms with E-state index in [0.717, 1.165) is 11.8 Å². The van der Waals surface area contributed by atoms with Gasteiger partial charge in [-0.05, 0) is 18.6 Å². The molecule has 0 saturated carbocycles. The highest BCUT2D eigenvalue weighted by atomic mass is 79.9. The molecule has 1 heterocycles. The Balaban J connectivity index is 2.88. The first kappa shape index (κ1) is 12.8. The van der Waals surface area contributed by atoms with Crippen LogP contribution in [0.4, 0.5) is 0 Å². The number of amides is 1. The van der Waals surface area contributed by atoms with Crippen LogP contribution in [0.15, 0.2) is 23.9 Å². The van der Waals surface area contributed by atoms with Gasteiger partial charge in [0.2, 0.25) is 5.91 Å². The van der Waals surface area contributed by atoms with E-state index >= 15 is 0 Å². The minimum Gasteiger partial charge on any atom is -0.478 e. The second kappa shape index (κ2) is 5.69. The number of nitrogens with zero attached hydrogens (tertiary/aromatic N) is 1. The fraction of sp³-hybridized carbons (Fsp3) is 0.400. The maximum atomic E-state index is 11.3. The number of carboxylic acid groups (broad SMARTS) is 1. The summed E-state index contributed by atoms with van der Waals surface area (Å²) in [6, 6.07) is -0.874. The van der Waals surface area contributed by atoms with E-state index in [9.17, 15) is 9.59 Å². The molecule has 0 aromatic rings. The first-order valence-electron chi connectivity index (χ1n) is 4.80. The van der Waals surface area contributed by atoms with Crippen molar-refractivity contribution in [1.29, 1.82) is 0 Å². The smallest absolute Gasteiger partial charge is 0.334 e. The van der Waals surface area contributed by atoms with Crippen molar-refractivity contribution >= 4 is 27.8 Å². The van der Waals surface area contributed by atoms with Crippen molar-refractivity contribution in [2.45, 2.75) is 12.5 Å². The molecule has 6 heteroatoms. The summed E-state index contributed by atoms with van der Waals surface area (Å²) in [5.41, 5.74) is 5.25. The summed E-state index contributed by atoms with van der Waals surface area (Å²) in [6.45, 7) is 0.583. The summed E-state index contributed by atoms with van der Waals surface area (Å²) in [4.78, 5) is 23.9. The number of allylic oxidation sites excluding steroid dienone is 2. The van der Waals surface area contributed by atoms with E-state index < -0.39 is 17.9 Å². The van der Waals surface area contributed by atoms with Crippen molar-refractivity contribution < 1.29 is 14.7 Å². The summed E-state index contributed by atoms with van der Waals surface area (Å²) < 4.78 is 0. The maximum Gasteiger partial charge on any atom is 0.334 e. The number of alkyl halides is 1. The van der Waals surface area contributed by atoms with E-state index in [-0.39, 0.29) is 5.57 Å². The lowest BCUT2D eigenvalue weighted by atomic mass is 10.0. The number of rotatable bonds is 5. The first-order valence-corrected chi connectivity index (χ1v) is 5.92. The van der Waals surface area contributed by atoms with E-state index in [4.69, 9.17) is 10.8 Å². The van der Waals surface area contributed by atoms with Crippen molar-refractivity contribution in [3.8, 4) is 0 Å². The Kier molecular flexibility index (Phi) is 4.54. The van der Waals surface area contributed by atoms with Crippen molar-refractivity contribution in [1.82, 2.24) is 4.90 Å². The Morgan fingerprint density at radius 3 is 2.75 bits per heavy atom. The van der Waals surface area contributed by atoms with Crippen LogP contribution in [0.3, 0.4) is 0 Å². The standard InChI is InChI=1S/C10H13BrN2O3/c11-4-2-6-13-5-1-3-7(10(15)16)8(13)9(12)14/h1,3,5,8H,2,4,6H2,(H2,12,14)(H,15,16). The van der Waals surface area contributed by atoms with Crippen LogP contribution in [-0.2, 0) is 9.59 Å². The lowest BCUT2D eigenvalue weighted by Crippen LogP contribution is -2.46. The zero-order valence-corrected chi connectivity index (χ0v) is 10.2. The van der Waals surface area contributed by atoms with Gasteiger partial charge in [0, 0.05) is 18.1 Å². The molecule has 0 radical (unpaired) electrons. The van der Waals surface area contributed by atoms with Crippen molar-refractivity contribution in [2.24, 2.45) is 5.73 Å². The Bertz CT molecular complexity index is 352. The second-order valence-electron chi connectivity index (χ2n) is 3.35. The summed E-state index contributed by atoms with van der Waals surface area (Å²) in [5.74, 6) is -1.76. The van der Waals surface area contributed by atoms with Gasteiger partial charge < -0.3 is 15.7 Å². The molecule has 1 aliphatic heterocycles. The highest BCUT2D eigenvalue weighted by Crippen LogP contribution is 2.17. The number of halogens is 1. The number of carbonyl (C=O) groups is 2. The SMILES string of the molecule is NC(=O)C1C(C(=O)O)=CC=CN1CCCBr. The summed E-state index contributed by atoms with van der Waals surface area (Å²) in [5, 5.41) is 9.74. The van der Waals surface area contributed by atoms with E-state index in [2.05, 4.69) is 15.9 Å². The van der Waals surface area contributed by atoms with Crippen molar-refractivity contribution in [3.63, 3.8) is 0 Å². The molecule has 0 aromatic heterocycles. The molecule has 1 aliphatic rings. The number of hydrogen-bond acceptors (Lipinski definition) is 3. The molecule has 1 atom stereocenters. The predicted octanol–water partition coefficient (Wildman–Crippen LogP) is 0.466. The molecule has 5 nitrogen and oxygen atoms in total. The molecule has 0 aliphatic carbocycles. The van der Waals surface area contributed by atoms with Crippen LogP contribution in [0.1, 0.15) is 6.42 Å². The highest BCUT2D eigenvalue weighted by Gasteiger charge is 2.31. The van der Waals surface area contributed by atoms with Crippen LogP contribution in [0.2, 0.25) is 0 Å². The average Bonchev–Trinajstić information content (AvgIpc) is 2.25. The van der Waals surface area contributed by atoms with E-state index in [1.807, 2.05) is 0 Å². The lowest BCUT2D eigenvalue weighted by molar-refractivity contribution is -0.135. The van der Waals surface area contributed by atoms with Crippen LogP contribution in [0.5, 0.6) is 0 Å². The highest BCUT2D eigenvalue weighted by molar-refractivity contribution is 9.09. The number of primary amides is 1. The van der Waals surface area contributed by atoms with Gasteiger partial charge in [0.1, 0.15) is 6.04 Å². The van der Waals surface area contributed by atoms with E-state index in [1.165, 1.54) is 6.08 Å². The Morgan fingerprint density at radius 1 is 1.56 bits per heavy atom. The summed E-state index contributed by atoms with van der Waals surface area (Å²) in [6.07, 6.45) is 5.51. The van der Waals surface area contributed by atoms with Crippen LogP contribution >= 0.6 is 15.9 Å². The predicted molar refractivity (Wildman–Crippen MR) is 63.0 cm³/mol. The molecular weight excluding hydrogens is 276 g/mol. The maximum absolute atomic E-state index is 11.3. The molecule has 16 heavy (non-hydrogen) atoms. The van der Waals surface area contributed by atoms with Gasteiger partial charge in [0.25, 0.3) is 0 Å². The molecule has 88 valence electrons. The quantitative estimate of drug-likeness (QED) is 0.720. The summed E-state index contributed by atoms with van der Waals surface area (Å²) >= 11 is 3.28. The zero-order chi connectivity index (χ0) is 12.1. The van der Waals surface area contributed by atoms with E-state index in [0.29, 0.717) is 6.54 Å². The topological polar surface area (TPSA) is 83.6 Å². The number of carboxylic acids is 1. The fourth-order valence-corrected chi connectivity index (χ4v) is 1.81. The van der Waals surface area contributed by atoms with Gasteiger partial charge in [-0.2, -0.15) is 0 Å². The van der Waals surface area contributed by atoms with Gasteiger partial charge in [-0.25, -0.2) is 4.79 Å². The lowest BCUT2D eigenvalue weighted by Gasteiger charge is -2.30. The number of nitrogens with two attached hydrogens (primary N) is 1. The van der Waals surface area contributed by atoms with E-state index in [1.54, 1.807) is 17.2 Å². The molecule has 0 bridgehead atoms. The second-order valence-corrected chi connectivity index (χ2v) is 4.15. The molecular formula is C10H13BrN2O3. The molecule has 0 saturated heterocycles. The largest absolute Gasteiger partial charge is 0.478 e. The monoisotopic (exact) mass is 288 g/mol. The van der Waals surface area contributed by atoms with Crippen LogP contribution in [0, 0.1) is 0 Å². The van der Waals surface area contributed by atoms with Crippen molar-refractivity contribution in [3.05, 3.63) is 23.9 Å². The van der Waals surface area contributed by atoms with Crippen LogP contribution in [-0.4, -0.2) is 39.8 Å². The third-order valence-corrected chi connectivity index (χ3v) is 2.81. The molecule has 0 fully saturated rings. The Morgan fingerprint density at radius 2 is 2.25 bits per heavy atom.